The number of esters is 3. The van der Waals surface area contributed by atoms with E-state index in [2.05, 4.69) is 25.8 Å². The molecule has 0 radical (unpaired) electrons. The van der Waals surface area contributed by atoms with Gasteiger partial charge in [-0.2, -0.15) is 0 Å². The first-order valence-electron chi connectivity index (χ1n) is 21.6. The Kier molecular flexibility index (Phi) is 32.0. The second kappa shape index (κ2) is 34.5. The predicted molar refractivity (Wildman–Crippen MR) is 207 cm³/mol. The molecule has 1 aliphatic rings. The Morgan fingerprint density at radius 1 is 0.520 bits per heavy atom. The molecular formula is C43H81NO6. The number of carbonyl (C=O) groups is 3. The van der Waals surface area contributed by atoms with E-state index in [9.17, 15) is 14.4 Å². The molecule has 294 valence electrons. The lowest BCUT2D eigenvalue weighted by Gasteiger charge is -2.28. The quantitative estimate of drug-likeness (QED) is 0.0368. The molecule has 0 aliphatic carbocycles. The van der Waals surface area contributed by atoms with Gasteiger partial charge in [0.2, 0.25) is 0 Å². The van der Waals surface area contributed by atoms with Crippen LogP contribution in [0.1, 0.15) is 206 Å². The molecule has 0 unspecified atom stereocenters. The number of nitrogens with zero attached hydrogens (tertiary/aromatic N) is 1. The first-order chi connectivity index (χ1) is 24.5. The van der Waals surface area contributed by atoms with Gasteiger partial charge in [0.05, 0.1) is 25.7 Å². The molecule has 0 aromatic heterocycles. The van der Waals surface area contributed by atoms with Gasteiger partial charge >= 0.3 is 17.9 Å². The Hall–Kier alpha value is -1.63. The number of carbonyl (C=O) groups excluding carboxylic acids is 3. The predicted octanol–water partition coefficient (Wildman–Crippen LogP) is 11.5. The van der Waals surface area contributed by atoms with Crippen molar-refractivity contribution in [2.45, 2.75) is 206 Å². The highest BCUT2D eigenvalue weighted by molar-refractivity contribution is 5.72. The van der Waals surface area contributed by atoms with Crippen molar-refractivity contribution in [2.24, 2.45) is 11.8 Å². The van der Waals surface area contributed by atoms with Crippen LogP contribution in [-0.4, -0.2) is 62.8 Å². The third-order valence-corrected chi connectivity index (χ3v) is 10.5. The SMILES string of the molecule is CCCCCCCCCCCCCOC(=O)CCCC(CCCC(=O)OCCCCCCCCCCCCC)COC(=O)C1CCN(C)CC1. The van der Waals surface area contributed by atoms with Crippen LogP contribution in [0, 0.1) is 11.8 Å². The number of rotatable bonds is 35. The van der Waals surface area contributed by atoms with Gasteiger partial charge in [0, 0.05) is 12.8 Å². The summed E-state index contributed by atoms with van der Waals surface area (Å²) in [4.78, 5) is 39.8. The minimum absolute atomic E-state index is 0.0251. The molecule has 1 rings (SSSR count). The van der Waals surface area contributed by atoms with Gasteiger partial charge in [0.25, 0.3) is 0 Å². The molecular weight excluding hydrogens is 626 g/mol. The van der Waals surface area contributed by atoms with Crippen LogP contribution in [0.4, 0.5) is 0 Å². The summed E-state index contributed by atoms with van der Waals surface area (Å²) in [5.41, 5.74) is 0. The second-order valence-corrected chi connectivity index (χ2v) is 15.4. The fraction of sp³-hybridized carbons (Fsp3) is 0.930. The molecule has 7 heteroatoms. The van der Waals surface area contributed by atoms with E-state index in [1.165, 1.54) is 116 Å². The Morgan fingerprint density at radius 3 is 1.26 bits per heavy atom. The summed E-state index contributed by atoms with van der Waals surface area (Å²) < 4.78 is 16.8. The molecule has 50 heavy (non-hydrogen) atoms. The largest absolute Gasteiger partial charge is 0.466 e. The molecule has 0 saturated carbocycles. The van der Waals surface area contributed by atoms with Crippen LogP contribution in [0.15, 0.2) is 0 Å². The van der Waals surface area contributed by atoms with E-state index >= 15 is 0 Å². The van der Waals surface area contributed by atoms with Gasteiger partial charge in [-0.15, -0.1) is 0 Å². The number of ether oxygens (including phenoxy) is 3. The molecule has 0 aromatic carbocycles. The molecule has 1 saturated heterocycles. The molecule has 0 aromatic rings. The van der Waals surface area contributed by atoms with Crippen molar-refractivity contribution in [3.63, 3.8) is 0 Å². The second-order valence-electron chi connectivity index (χ2n) is 15.4. The summed E-state index contributed by atoms with van der Waals surface area (Å²) in [6.07, 6.45) is 33.5. The maximum atomic E-state index is 12.8. The van der Waals surface area contributed by atoms with E-state index < -0.39 is 0 Å². The van der Waals surface area contributed by atoms with Crippen LogP contribution in [-0.2, 0) is 28.6 Å². The fourth-order valence-corrected chi connectivity index (χ4v) is 6.99. The maximum Gasteiger partial charge on any atom is 0.309 e. The lowest BCUT2D eigenvalue weighted by Crippen LogP contribution is -2.34. The molecule has 0 atom stereocenters. The number of hydrogen-bond donors (Lipinski definition) is 0. The van der Waals surface area contributed by atoms with E-state index in [0.717, 1.165) is 64.5 Å². The van der Waals surface area contributed by atoms with Gasteiger partial charge < -0.3 is 19.1 Å². The van der Waals surface area contributed by atoms with E-state index in [1.807, 2.05) is 0 Å². The topological polar surface area (TPSA) is 82.1 Å². The lowest BCUT2D eigenvalue weighted by atomic mass is 9.95. The minimum Gasteiger partial charge on any atom is -0.466 e. The smallest absolute Gasteiger partial charge is 0.309 e. The Balaban J connectivity index is 2.22. The summed E-state index contributed by atoms with van der Waals surface area (Å²) in [6.45, 7) is 7.74. The molecule has 0 bridgehead atoms. The Morgan fingerprint density at radius 2 is 0.880 bits per heavy atom. The number of likely N-dealkylation sites (tertiary alicyclic amines) is 1. The van der Waals surface area contributed by atoms with Crippen LogP contribution in [0.3, 0.4) is 0 Å². The average molecular weight is 708 g/mol. The first-order valence-corrected chi connectivity index (χ1v) is 21.6. The Bertz CT molecular complexity index is 750. The molecule has 0 spiro atoms. The summed E-state index contributed by atoms with van der Waals surface area (Å²) in [5, 5.41) is 0. The van der Waals surface area contributed by atoms with Crippen LogP contribution < -0.4 is 0 Å². The van der Waals surface area contributed by atoms with E-state index in [0.29, 0.717) is 45.5 Å². The van der Waals surface area contributed by atoms with Gasteiger partial charge in [-0.3, -0.25) is 14.4 Å². The van der Waals surface area contributed by atoms with Crippen molar-refractivity contribution in [1.82, 2.24) is 4.90 Å². The molecule has 0 amide bonds. The molecule has 1 heterocycles. The summed E-state index contributed by atoms with van der Waals surface area (Å²) in [6, 6.07) is 0. The van der Waals surface area contributed by atoms with Crippen molar-refractivity contribution < 1.29 is 28.6 Å². The zero-order chi connectivity index (χ0) is 36.3. The third kappa shape index (κ3) is 29.0. The zero-order valence-electron chi connectivity index (χ0n) is 33.3. The molecule has 1 fully saturated rings. The lowest BCUT2D eigenvalue weighted by molar-refractivity contribution is -0.152. The standard InChI is InChI=1S/C43H81NO6/c1-4-6-8-10-12-14-16-18-20-22-24-36-48-41(45)30-26-28-39(38-50-43(47)40-32-34-44(3)35-33-40)29-27-31-42(46)49-37-25-23-21-19-17-15-13-11-9-7-5-2/h39-40H,4-38H2,1-3H3. The number of hydrogen-bond acceptors (Lipinski definition) is 7. The molecule has 0 N–H and O–H groups in total. The summed E-state index contributed by atoms with van der Waals surface area (Å²) in [5.74, 6) is -0.261. The van der Waals surface area contributed by atoms with Crippen LogP contribution in [0.2, 0.25) is 0 Å². The van der Waals surface area contributed by atoms with E-state index in [4.69, 9.17) is 14.2 Å². The van der Waals surface area contributed by atoms with Crippen LogP contribution in [0.5, 0.6) is 0 Å². The van der Waals surface area contributed by atoms with E-state index in [-0.39, 0.29) is 29.7 Å². The average Bonchev–Trinajstić information content (AvgIpc) is 3.11. The number of piperidine rings is 1. The van der Waals surface area contributed by atoms with Gasteiger partial charge in [-0.05, 0) is 77.4 Å². The van der Waals surface area contributed by atoms with Gasteiger partial charge in [0.1, 0.15) is 0 Å². The van der Waals surface area contributed by atoms with Crippen molar-refractivity contribution in [3.8, 4) is 0 Å². The van der Waals surface area contributed by atoms with Crippen molar-refractivity contribution in [3.05, 3.63) is 0 Å². The summed E-state index contributed by atoms with van der Waals surface area (Å²) in [7, 11) is 2.09. The van der Waals surface area contributed by atoms with Gasteiger partial charge in [0.15, 0.2) is 0 Å². The van der Waals surface area contributed by atoms with Gasteiger partial charge in [-0.25, -0.2) is 0 Å². The van der Waals surface area contributed by atoms with Crippen molar-refractivity contribution in [1.29, 1.82) is 0 Å². The fourth-order valence-electron chi connectivity index (χ4n) is 6.99. The highest BCUT2D eigenvalue weighted by Gasteiger charge is 2.25. The van der Waals surface area contributed by atoms with Crippen LogP contribution >= 0.6 is 0 Å². The molecule has 7 nitrogen and oxygen atoms in total. The van der Waals surface area contributed by atoms with Crippen LogP contribution in [0.25, 0.3) is 0 Å². The van der Waals surface area contributed by atoms with Crippen molar-refractivity contribution in [2.75, 3.05) is 40.0 Å². The first kappa shape index (κ1) is 46.4. The Labute approximate surface area is 309 Å². The summed E-state index contributed by atoms with van der Waals surface area (Å²) >= 11 is 0. The highest BCUT2D eigenvalue weighted by atomic mass is 16.5. The normalized spacial score (nSPS) is 13.9. The van der Waals surface area contributed by atoms with Crippen molar-refractivity contribution >= 4 is 17.9 Å². The van der Waals surface area contributed by atoms with Gasteiger partial charge in [-0.1, -0.05) is 142 Å². The monoisotopic (exact) mass is 708 g/mol. The minimum atomic E-state index is -0.134. The highest BCUT2D eigenvalue weighted by Crippen LogP contribution is 2.22. The zero-order valence-corrected chi connectivity index (χ0v) is 33.3. The third-order valence-electron chi connectivity index (χ3n) is 10.5. The maximum absolute atomic E-state index is 12.8. The number of unbranched alkanes of at least 4 members (excludes halogenated alkanes) is 20. The molecule has 1 aliphatic heterocycles. The van der Waals surface area contributed by atoms with E-state index in [1.54, 1.807) is 0 Å².